The van der Waals surface area contributed by atoms with Crippen molar-refractivity contribution in [3.63, 3.8) is 0 Å². The predicted molar refractivity (Wildman–Crippen MR) is 88.3 cm³/mol. The van der Waals surface area contributed by atoms with Gasteiger partial charge in [-0.3, -0.25) is 9.97 Å². The van der Waals surface area contributed by atoms with Gasteiger partial charge in [-0.05, 0) is 46.8 Å². The van der Waals surface area contributed by atoms with Gasteiger partial charge in [-0.15, -0.1) is 0 Å². The van der Waals surface area contributed by atoms with E-state index >= 15 is 0 Å². The molecule has 0 bridgehead atoms. The highest BCUT2D eigenvalue weighted by Crippen LogP contribution is 2.27. The SMILES string of the molecule is OC(CNc1ccnc2cc(Br)cnc12)C1CCCCC1. The summed E-state index contributed by atoms with van der Waals surface area (Å²) < 4.78 is 0.918. The topological polar surface area (TPSA) is 58.0 Å². The molecule has 3 rings (SSSR count). The Labute approximate surface area is 133 Å². The number of rotatable bonds is 4. The third-order valence-electron chi connectivity index (χ3n) is 4.24. The number of fused-ring (bicyclic) bond motifs is 1. The van der Waals surface area contributed by atoms with Gasteiger partial charge >= 0.3 is 0 Å². The first kappa shape index (κ1) is 14.7. The molecule has 1 aliphatic rings. The molecule has 1 saturated carbocycles. The molecule has 5 heteroatoms. The summed E-state index contributed by atoms with van der Waals surface area (Å²) in [5, 5.41) is 13.7. The van der Waals surface area contributed by atoms with E-state index in [1.165, 1.54) is 19.3 Å². The number of aromatic nitrogens is 2. The molecule has 0 aliphatic heterocycles. The highest BCUT2D eigenvalue weighted by molar-refractivity contribution is 9.10. The maximum absolute atomic E-state index is 10.3. The number of halogens is 1. The molecule has 2 heterocycles. The Morgan fingerprint density at radius 3 is 2.90 bits per heavy atom. The van der Waals surface area contributed by atoms with Crippen LogP contribution in [0.4, 0.5) is 5.69 Å². The number of nitrogens with one attached hydrogen (secondary N) is 1. The van der Waals surface area contributed by atoms with Gasteiger partial charge in [0, 0.05) is 23.4 Å². The van der Waals surface area contributed by atoms with Gasteiger partial charge in [-0.25, -0.2) is 0 Å². The fourth-order valence-corrected chi connectivity index (χ4v) is 3.37. The van der Waals surface area contributed by atoms with Crippen LogP contribution in [0, 0.1) is 5.92 Å². The second-order valence-electron chi connectivity index (χ2n) is 5.73. The average Bonchev–Trinajstić information content (AvgIpc) is 2.53. The van der Waals surface area contributed by atoms with Crippen molar-refractivity contribution in [3.8, 4) is 0 Å². The van der Waals surface area contributed by atoms with Gasteiger partial charge in [0.05, 0.1) is 17.3 Å². The Morgan fingerprint density at radius 2 is 2.10 bits per heavy atom. The minimum absolute atomic E-state index is 0.288. The van der Waals surface area contributed by atoms with Crippen molar-refractivity contribution in [2.45, 2.75) is 38.2 Å². The van der Waals surface area contributed by atoms with E-state index in [1.807, 2.05) is 12.1 Å². The van der Waals surface area contributed by atoms with Gasteiger partial charge in [-0.1, -0.05) is 19.3 Å². The predicted octanol–water partition coefficient (Wildman–Crippen LogP) is 3.75. The second-order valence-corrected chi connectivity index (χ2v) is 6.64. The number of nitrogens with zero attached hydrogens (tertiary/aromatic N) is 2. The lowest BCUT2D eigenvalue weighted by Gasteiger charge is -2.27. The minimum Gasteiger partial charge on any atom is -0.391 e. The smallest absolute Gasteiger partial charge is 0.112 e. The van der Waals surface area contributed by atoms with Gasteiger partial charge in [0.15, 0.2) is 0 Å². The molecule has 1 aliphatic carbocycles. The van der Waals surface area contributed by atoms with E-state index in [9.17, 15) is 5.11 Å². The number of aliphatic hydroxyl groups excluding tert-OH is 1. The highest BCUT2D eigenvalue weighted by atomic mass is 79.9. The molecule has 2 aromatic rings. The maximum Gasteiger partial charge on any atom is 0.112 e. The highest BCUT2D eigenvalue weighted by Gasteiger charge is 2.21. The van der Waals surface area contributed by atoms with E-state index in [4.69, 9.17) is 0 Å². The molecular formula is C16H20BrN3O. The summed E-state index contributed by atoms with van der Waals surface area (Å²) in [6.45, 7) is 0.571. The van der Waals surface area contributed by atoms with E-state index in [2.05, 4.69) is 31.2 Å². The summed E-state index contributed by atoms with van der Waals surface area (Å²) in [5.41, 5.74) is 2.63. The summed E-state index contributed by atoms with van der Waals surface area (Å²) in [5.74, 6) is 0.432. The maximum atomic E-state index is 10.3. The standard InChI is InChI=1S/C16H20BrN3O/c17-12-8-14-16(20-9-12)13(6-7-18-14)19-10-15(21)11-4-2-1-3-5-11/h6-9,11,15,21H,1-5,10H2,(H,18,19). The Kier molecular flexibility index (Phi) is 4.70. The van der Waals surface area contributed by atoms with Crippen LogP contribution in [0.5, 0.6) is 0 Å². The molecule has 0 aromatic carbocycles. The molecule has 0 radical (unpaired) electrons. The van der Waals surface area contributed by atoms with Crippen LogP contribution in [0.2, 0.25) is 0 Å². The lowest BCUT2D eigenvalue weighted by Crippen LogP contribution is -2.29. The van der Waals surface area contributed by atoms with Crippen molar-refractivity contribution in [3.05, 3.63) is 29.0 Å². The molecule has 1 unspecified atom stereocenters. The zero-order valence-electron chi connectivity index (χ0n) is 11.9. The molecule has 0 amide bonds. The summed E-state index contributed by atoms with van der Waals surface area (Å²) >= 11 is 3.41. The number of pyridine rings is 2. The van der Waals surface area contributed by atoms with E-state index in [1.54, 1.807) is 12.4 Å². The quantitative estimate of drug-likeness (QED) is 0.882. The zero-order chi connectivity index (χ0) is 14.7. The van der Waals surface area contributed by atoms with Crippen LogP contribution in [0.25, 0.3) is 11.0 Å². The van der Waals surface area contributed by atoms with E-state index in [-0.39, 0.29) is 6.10 Å². The molecule has 0 saturated heterocycles. The van der Waals surface area contributed by atoms with Gasteiger partial charge in [0.1, 0.15) is 5.52 Å². The Bertz CT molecular complexity index is 613. The molecular weight excluding hydrogens is 330 g/mol. The molecule has 0 spiro atoms. The van der Waals surface area contributed by atoms with Crippen molar-refractivity contribution < 1.29 is 5.11 Å². The van der Waals surface area contributed by atoms with Crippen LogP contribution in [0.1, 0.15) is 32.1 Å². The fourth-order valence-electron chi connectivity index (χ4n) is 3.05. The van der Waals surface area contributed by atoms with E-state index in [0.717, 1.165) is 34.0 Å². The molecule has 21 heavy (non-hydrogen) atoms. The van der Waals surface area contributed by atoms with Crippen molar-refractivity contribution in [1.82, 2.24) is 9.97 Å². The third kappa shape index (κ3) is 3.52. The van der Waals surface area contributed by atoms with Crippen LogP contribution in [-0.2, 0) is 0 Å². The van der Waals surface area contributed by atoms with E-state index in [0.29, 0.717) is 12.5 Å². The Balaban J connectivity index is 1.70. The first-order chi connectivity index (χ1) is 10.2. The number of hydrogen-bond acceptors (Lipinski definition) is 4. The van der Waals surface area contributed by atoms with Crippen LogP contribution >= 0.6 is 15.9 Å². The summed E-state index contributed by atoms with van der Waals surface area (Å²) in [4.78, 5) is 8.74. The molecule has 2 N–H and O–H groups in total. The normalized spacial score (nSPS) is 17.8. The second kappa shape index (κ2) is 6.71. The summed E-state index contributed by atoms with van der Waals surface area (Å²) in [6, 6.07) is 3.86. The van der Waals surface area contributed by atoms with Crippen LogP contribution in [-0.4, -0.2) is 27.7 Å². The van der Waals surface area contributed by atoms with Crippen LogP contribution in [0.15, 0.2) is 29.0 Å². The molecule has 1 atom stereocenters. The summed E-state index contributed by atoms with van der Waals surface area (Å²) in [6.07, 6.45) is 9.34. The van der Waals surface area contributed by atoms with Crippen molar-refractivity contribution in [2.24, 2.45) is 5.92 Å². The van der Waals surface area contributed by atoms with Crippen molar-refractivity contribution in [1.29, 1.82) is 0 Å². The van der Waals surface area contributed by atoms with Gasteiger partial charge in [0.25, 0.3) is 0 Å². The third-order valence-corrected chi connectivity index (χ3v) is 4.67. The fraction of sp³-hybridized carbons (Fsp3) is 0.500. The first-order valence-corrected chi connectivity index (χ1v) is 8.35. The van der Waals surface area contributed by atoms with Gasteiger partial charge in [-0.2, -0.15) is 0 Å². The van der Waals surface area contributed by atoms with Crippen molar-refractivity contribution >= 4 is 32.7 Å². The number of aliphatic hydroxyl groups is 1. The molecule has 112 valence electrons. The molecule has 1 fully saturated rings. The van der Waals surface area contributed by atoms with Crippen molar-refractivity contribution in [2.75, 3.05) is 11.9 Å². The number of anilines is 1. The van der Waals surface area contributed by atoms with Crippen LogP contribution < -0.4 is 5.32 Å². The van der Waals surface area contributed by atoms with Crippen LogP contribution in [0.3, 0.4) is 0 Å². The zero-order valence-corrected chi connectivity index (χ0v) is 13.5. The first-order valence-electron chi connectivity index (χ1n) is 7.56. The average molecular weight is 350 g/mol. The lowest BCUT2D eigenvalue weighted by atomic mass is 9.85. The van der Waals surface area contributed by atoms with Gasteiger partial charge < -0.3 is 10.4 Å². The lowest BCUT2D eigenvalue weighted by molar-refractivity contribution is 0.0957. The minimum atomic E-state index is -0.288. The summed E-state index contributed by atoms with van der Waals surface area (Å²) in [7, 11) is 0. The molecule has 2 aromatic heterocycles. The number of hydrogen-bond donors (Lipinski definition) is 2. The van der Waals surface area contributed by atoms with Gasteiger partial charge in [0.2, 0.25) is 0 Å². The molecule has 4 nitrogen and oxygen atoms in total. The monoisotopic (exact) mass is 349 g/mol. The Hall–Kier alpha value is -1.20. The largest absolute Gasteiger partial charge is 0.391 e. The Morgan fingerprint density at radius 1 is 1.29 bits per heavy atom. The van der Waals surface area contributed by atoms with E-state index < -0.39 is 0 Å².